The van der Waals surface area contributed by atoms with E-state index in [1.165, 1.54) is 0 Å². The summed E-state index contributed by atoms with van der Waals surface area (Å²) in [5.74, 6) is 0. The molecule has 3 heteroatoms. The number of nitrogens with zero attached hydrogens (tertiary/aromatic N) is 1. The molecule has 1 aliphatic heterocycles. The first kappa shape index (κ1) is 13.3. The minimum absolute atomic E-state index is 0.386. The molecule has 15 heavy (non-hydrogen) atoms. The Balaban J connectivity index is 3.05. The summed E-state index contributed by atoms with van der Waals surface area (Å²) in [5, 5.41) is 0. The van der Waals surface area contributed by atoms with E-state index in [2.05, 4.69) is 46.2 Å². The van der Waals surface area contributed by atoms with Crippen LogP contribution in [-0.4, -0.2) is 28.1 Å². The van der Waals surface area contributed by atoms with Crippen molar-refractivity contribution in [2.75, 3.05) is 0 Å². The lowest BCUT2D eigenvalue weighted by molar-refractivity contribution is 0.295. The SMILES string of the molecule is CC(C)N(C(C)C)P1(=O)[C@H](C)CC[C@H]1C. The third-order valence-corrected chi connectivity index (χ3v) is 8.37. The second-order valence-corrected chi connectivity index (χ2v) is 9.09. The van der Waals surface area contributed by atoms with Gasteiger partial charge in [-0.25, -0.2) is 4.67 Å². The van der Waals surface area contributed by atoms with Crippen LogP contribution in [0.25, 0.3) is 0 Å². The van der Waals surface area contributed by atoms with Crippen molar-refractivity contribution >= 4 is 7.29 Å². The molecule has 1 aliphatic rings. The molecule has 0 aromatic heterocycles. The number of hydrogen-bond acceptors (Lipinski definition) is 1. The average Bonchev–Trinajstić information content (AvgIpc) is 2.32. The standard InChI is InChI=1S/C12H26NOP/c1-9(2)13(10(3)4)15(14)11(5)7-8-12(15)6/h9-12H,7-8H2,1-6H3/t11-,12-/m1/s1. The van der Waals surface area contributed by atoms with Gasteiger partial charge in [0.15, 0.2) is 7.29 Å². The molecule has 0 amide bonds. The molecule has 0 bridgehead atoms. The van der Waals surface area contributed by atoms with Gasteiger partial charge in [0, 0.05) is 23.4 Å². The predicted octanol–water partition coefficient (Wildman–Crippen LogP) is 3.95. The monoisotopic (exact) mass is 231 g/mol. The van der Waals surface area contributed by atoms with Crippen LogP contribution in [0.5, 0.6) is 0 Å². The molecule has 0 unspecified atom stereocenters. The zero-order valence-corrected chi connectivity index (χ0v) is 11.9. The Labute approximate surface area is 94.9 Å². The first-order chi connectivity index (χ1) is 6.81. The molecule has 1 heterocycles. The molecule has 0 N–H and O–H groups in total. The van der Waals surface area contributed by atoms with E-state index in [-0.39, 0.29) is 0 Å². The van der Waals surface area contributed by atoms with Gasteiger partial charge in [-0.15, -0.1) is 0 Å². The molecule has 0 aliphatic carbocycles. The molecule has 1 saturated heterocycles. The second-order valence-electron chi connectivity index (χ2n) is 5.52. The Hall–Kier alpha value is 0.190. The summed E-state index contributed by atoms with van der Waals surface area (Å²) in [6.07, 6.45) is 2.27. The van der Waals surface area contributed by atoms with E-state index in [1.807, 2.05) is 0 Å². The van der Waals surface area contributed by atoms with E-state index in [0.29, 0.717) is 23.4 Å². The first-order valence-electron chi connectivity index (χ1n) is 6.20. The Bertz CT molecular complexity index is 240. The van der Waals surface area contributed by atoms with Crippen LogP contribution >= 0.6 is 7.29 Å². The zero-order chi connectivity index (χ0) is 11.8. The van der Waals surface area contributed by atoms with Gasteiger partial charge >= 0.3 is 0 Å². The fourth-order valence-electron chi connectivity index (χ4n) is 3.06. The van der Waals surface area contributed by atoms with Crippen molar-refractivity contribution in [3.63, 3.8) is 0 Å². The van der Waals surface area contributed by atoms with Crippen molar-refractivity contribution in [3.05, 3.63) is 0 Å². The minimum atomic E-state index is -2.14. The van der Waals surface area contributed by atoms with Crippen molar-refractivity contribution in [1.29, 1.82) is 0 Å². The Morgan fingerprint density at radius 1 is 1.00 bits per heavy atom. The summed E-state index contributed by atoms with van der Waals surface area (Å²) in [7, 11) is -2.14. The summed E-state index contributed by atoms with van der Waals surface area (Å²) in [6, 6.07) is 0.776. The maximum atomic E-state index is 13.2. The predicted molar refractivity (Wildman–Crippen MR) is 67.9 cm³/mol. The van der Waals surface area contributed by atoms with E-state index in [0.717, 1.165) is 12.8 Å². The van der Waals surface area contributed by atoms with Gasteiger partial charge in [-0.05, 0) is 40.5 Å². The van der Waals surface area contributed by atoms with Crippen LogP contribution in [0.3, 0.4) is 0 Å². The molecular weight excluding hydrogens is 205 g/mol. The molecule has 1 rings (SSSR count). The van der Waals surface area contributed by atoms with Gasteiger partial charge in [-0.1, -0.05) is 13.8 Å². The molecule has 2 nitrogen and oxygen atoms in total. The molecule has 0 aromatic carbocycles. The fraction of sp³-hybridized carbons (Fsp3) is 1.00. The number of hydrogen-bond donors (Lipinski definition) is 0. The Morgan fingerprint density at radius 2 is 1.33 bits per heavy atom. The summed E-state index contributed by atoms with van der Waals surface area (Å²) in [5.41, 5.74) is 0.773. The zero-order valence-electron chi connectivity index (χ0n) is 11.0. The highest BCUT2D eigenvalue weighted by Gasteiger charge is 2.47. The Morgan fingerprint density at radius 3 is 1.60 bits per heavy atom. The van der Waals surface area contributed by atoms with E-state index in [4.69, 9.17) is 0 Å². The van der Waals surface area contributed by atoms with Crippen LogP contribution < -0.4 is 0 Å². The van der Waals surface area contributed by atoms with Crippen molar-refractivity contribution in [2.24, 2.45) is 0 Å². The topological polar surface area (TPSA) is 20.3 Å². The number of rotatable bonds is 3. The lowest BCUT2D eigenvalue weighted by Crippen LogP contribution is -2.37. The summed E-state index contributed by atoms with van der Waals surface area (Å²) in [4.78, 5) is 0. The lowest BCUT2D eigenvalue weighted by Gasteiger charge is -2.40. The van der Waals surface area contributed by atoms with Gasteiger partial charge in [0.05, 0.1) is 0 Å². The highest BCUT2D eigenvalue weighted by molar-refractivity contribution is 7.63. The van der Waals surface area contributed by atoms with E-state index >= 15 is 0 Å². The smallest absolute Gasteiger partial charge is 0.156 e. The van der Waals surface area contributed by atoms with Gasteiger partial charge in [0.2, 0.25) is 0 Å². The maximum Gasteiger partial charge on any atom is 0.156 e. The van der Waals surface area contributed by atoms with Crippen molar-refractivity contribution in [2.45, 2.75) is 77.8 Å². The van der Waals surface area contributed by atoms with Crippen LogP contribution in [0, 0.1) is 0 Å². The molecule has 90 valence electrons. The van der Waals surface area contributed by atoms with Gasteiger partial charge in [-0.3, -0.25) is 0 Å². The first-order valence-corrected chi connectivity index (χ1v) is 7.99. The highest BCUT2D eigenvalue weighted by atomic mass is 31.2. The lowest BCUT2D eigenvalue weighted by atomic mass is 10.2. The Kier molecular flexibility index (Phi) is 4.06. The van der Waals surface area contributed by atoms with Gasteiger partial charge < -0.3 is 4.57 Å². The largest absolute Gasteiger partial charge is 0.306 e. The average molecular weight is 231 g/mol. The van der Waals surface area contributed by atoms with Gasteiger partial charge in [0.1, 0.15) is 0 Å². The molecule has 1 fully saturated rings. The molecule has 0 saturated carbocycles. The van der Waals surface area contributed by atoms with E-state index < -0.39 is 7.29 Å². The molecule has 0 radical (unpaired) electrons. The minimum Gasteiger partial charge on any atom is -0.306 e. The normalized spacial score (nSPS) is 30.7. The van der Waals surface area contributed by atoms with Crippen LogP contribution in [0.15, 0.2) is 0 Å². The molecule has 0 spiro atoms. The van der Waals surface area contributed by atoms with Crippen LogP contribution in [-0.2, 0) is 4.57 Å². The van der Waals surface area contributed by atoms with Crippen LogP contribution in [0.4, 0.5) is 0 Å². The van der Waals surface area contributed by atoms with Crippen molar-refractivity contribution < 1.29 is 4.57 Å². The molecule has 2 atom stereocenters. The third-order valence-electron chi connectivity index (χ3n) is 3.68. The third kappa shape index (κ3) is 2.17. The fourth-order valence-corrected chi connectivity index (χ4v) is 7.32. The highest BCUT2D eigenvalue weighted by Crippen LogP contribution is 2.66. The second kappa shape index (κ2) is 4.59. The van der Waals surface area contributed by atoms with Crippen molar-refractivity contribution in [1.82, 2.24) is 4.67 Å². The van der Waals surface area contributed by atoms with Gasteiger partial charge in [-0.2, -0.15) is 0 Å². The van der Waals surface area contributed by atoms with E-state index in [1.54, 1.807) is 0 Å². The molecule has 0 aromatic rings. The molecular formula is C12H26NOP. The van der Waals surface area contributed by atoms with Crippen LogP contribution in [0.2, 0.25) is 0 Å². The quantitative estimate of drug-likeness (QED) is 0.685. The summed E-state index contributed by atoms with van der Waals surface area (Å²) < 4.78 is 15.5. The van der Waals surface area contributed by atoms with Gasteiger partial charge in [0.25, 0.3) is 0 Å². The maximum absolute atomic E-state index is 13.2. The van der Waals surface area contributed by atoms with E-state index in [9.17, 15) is 4.57 Å². The van der Waals surface area contributed by atoms with Crippen molar-refractivity contribution in [3.8, 4) is 0 Å². The summed E-state index contributed by atoms with van der Waals surface area (Å²) in [6.45, 7) is 13.0. The summed E-state index contributed by atoms with van der Waals surface area (Å²) >= 11 is 0. The van der Waals surface area contributed by atoms with Crippen LogP contribution in [0.1, 0.15) is 54.4 Å².